The highest BCUT2D eigenvalue weighted by molar-refractivity contribution is 7.90. The van der Waals surface area contributed by atoms with Gasteiger partial charge in [0.15, 0.2) is 0 Å². The van der Waals surface area contributed by atoms with Gasteiger partial charge >= 0.3 is 10.2 Å². The standard InChI is InChI=1S/C24H31N3O6S/c1-27(2)34(30,31)26-20-13-16(7-10-21(20)28)22(29)15-25-11-12-32-17-8-9-19-18-5-3-4-6-23(18)33-24(19)14-17/h7-10,13-14,22,25-26,28-29H,3-6,11-12,15H2,1-2H3/t22-/m0/s1. The molecule has 34 heavy (non-hydrogen) atoms. The number of ether oxygens (including phenoxy) is 1. The molecule has 1 aromatic heterocycles. The Balaban J connectivity index is 1.27. The van der Waals surface area contributed by atoms with Crippen LogP contribution in [0.15, 0.2) is 40.8 Å². The summed E-state index contributed by atoms with van der Waals surface area (Å²) in [6.07, 6.45) is 3.54. The molecule has 0 unspecified atom stereocenters. The monoisotopic (exact) mass is 489 g/mol. The second-order valence-corrected chi connectivity index (χ2v) is 10.5. The van der Waals surface area contributed by atoms with Crippen molar-refractivity contribution < 1.29 is 27.8 Å². The second kappa shape index (κ2) is 10.2. The van der Waals surface area contributed by atoms with Crippen LogP contribution in [0.3, 0.4) is 0 Å². The molecule has 0 spiro atoms. The molecule has 9 nitrogen and oxygen atoms in total. The van der Waals surface area contributed by atoms with Gasteiger partial charge in [-0.05, 0) is 49.1 Å². The number of hydrogen-bond donors (Lipinski definition) is 4. The Morgan fingerprint density at radius 1 is 1.15 bits per heavy atom. The molecule has 0 radical (unpaired) electrons. The third kappa shape index (κ3) is 5.47. The van der Waals surface area contributed by atoms with Gasteiger partial charge in [-0.3, -0.25) is 4.72 Å². The molecule has 1 atom stereocenters. The van der Waals surface area contributed by atoms with E-state index in [1.54, 1.807) is 6.07 Å². The maximum absolute atomic E-state index is 12.0. The van der Waals surface area contributed by atoms with Gasteiger partial charge in [0.05, 0.1) is 11.8 Å². The summed E-state index contributed by atoms with van der Waals surface area (Å²) in [4.78, 5) is 0. The molecule has 0 aliphatic heterocycles. The molecule has 10 heteroatoms. The van der Waals surface area contributed by atoms with Crippen molar-refractivity contribution in [2.45, 2.75) is 31.8 Å². The second-order valence-electron chi connectivity index (χ2n) is 8.60. The largest absolute Gasteiger partial charge is 0.506 e. The summed E-state index contributed by atoms with van der Waals surface area (Å²) in [7, 11) is -1.02. The molecule has 2 aromatic carbocycles. The van der Waals surface area contributed by atoms with E-state index in [2.05, 4.69) is 16.1 Å². The summed E-state index contributed by atoms with van der Waals surface area (Å²) in [6.45, 7) is 1.14. The number of nitrogens with zero attached hydrogens (tertiary/aromatic N) is 1. The van der Waals surface area contributed by atoms with E-state index in [0.29, 0.717) is 18.7 Å². The van der Waals surface area contributed by atoms with Crippen LogP contribution < -0.4 is 14.8 Å². The summed E-state index contributed by atoms with van der Waals surface area (Å²) < 4.78 is 39.2. The van der Waals surface area contributed by atoms with Crippen LogP contribution in [0.2, 0.25) is 0 Å². The SMILES string of the molecule is CN(C)S(=O)(=O)Nc1cc([C@@H](O)CNCCOc2ccc3c4c(oc3c2)CCCC4)ccc1O. The van der Waals surface area contributed by atoms with Gasteiger partial charge in [-0.1, -0.05) is 6.07 Å². The van der Waals surface area contributed by atoms with Crippen molar-refractivity contribution in [1.29, 1.82) is 0 Å². The molecule has 4 N–H and O–H groups in total. The fraction of sp³-hybridized carbons (Fsp3) is 0.417. The zero-order valence-electron chi connectivity index (χ0n) is 19.4. The summed E-state index contributed by atoms with van der Waals surface area (Å²) >= 11 is 0. The van der Waals surface area contributed by atoms with Crippen molar-refractivity contribution in [2.75, 3.05) is 38.5 Å². The van der Waals surface area contributed by atoms with E-state index in [0.717, 1.165) is 34.2 Å². The summed E-state index contributed by atoms with van der Waals surface area (Å²) in [5.41, 5.74) is 2.66. The average molecular weight is 490 g/mol. The van der Waals surface area contributed by atoms with Crippen LogP contribution in [0.25, 0.3) is 11.0 Å². The van der Waals surface area contributed by atoms with Crippen molar-refractivity contribution in [3.63, 3.8) is 0 Å². The molecule has 0 amide bonds. The van der Waals surface area contributed by atoms with Gasteiger partial charge in [0.25, 0.3) is 0 Å². The van der Waals surface area contributed by atoms with E-state index in [1.165, 1.54) is 50.0 Å². The van der Waals surface area contributed by atoms with Gasteiger partial charge in [0.1, 0.15) is 29.4 Å². The fourth-order valence-corrected chi connectivity index (χ4v) is 4.63. The lowest BCUT2D eigenvalue weighted by atomic mass is 9.96. The lowest BCUT2D eigenvalue weighted by Crippen LogP contribution is -2.29. The maximum atomic E-state index is 12.0. The number of phenolic OH excluding ortho intramolecular Hbond substituents is 1. The Kier molecular flexibility index (Phi) is 7.32. The normalized spacial score (nSPS) is 14.8. The van der Waals surface area contributed by atoms with Crippen molar-refractivity contribution in [3.8, 4) is 11.5 Å². The van der Waals surface area contributed by atoms with E-state index in [4.69, 9.17) is 9.15 Å². The first-order valence-electron chi connectivity index (χ1n) is 11.3. The van der Waals surface area contributed by atoms with Gasteiger partial charge in [-0.2, -0.15) is 12.7 Å². The molecule has 4 rings (SSSR count). The number of aliphatic hydroxyl groups is 1. The minimum absolute atomic E-state index is 0.00332. The Morgan fingerprint density at radius 2 is 1.94 bits per heavy atom. The molecule has 0 saturated heterocycles. The minimum Gasteiger partial charge on any atom is -0.506 e. The Hall–Kier alpha value is -2.79. The molecule has 1 aliphatic carbocycles. The molecular formula is C24H31N3O6S. The number of benzene rings is 2. The van der Waals surface area contributed by atoms with Gasteiger partial charge in [0, 0.05) is 50.6 Å². The van der Waals surface area contributed by atoms with Gasteiger partial charge < -0.3 is 24.7 Å². The van der Waals surface area contributed by atoms with Crippen molar-refractivity contribution in [1.82, 2.24) is 9.62 Å². The molecule has 0 saturated carbocycles. The first-order valence-corrected chi connectivity index (χ1v) is 12.8. The van der Waals surface area contributed by atoms with Gasteiger partial charge in [0.2, 0.25) is 0 Å². The Labute approximate surface area is 199 Å². The Bertz CT molecular complexity index is 1260. The number of aromatic hydroxyl groups is 1. The van der Waals surface area contributed by atoms with Gasteiger partial charge in [-0.25, -0.2) is 0 Å². The van der Waals surface area contributed by atoms with Crippen LogP contribution >= 0.6 is 0 Å². The topological polar surface area (TPSA) is 124 Å². The molecule has 0 fully saturated rings. The molecular weight excluding hydrogens is 458 g/mol. The number of nitrogens with one attached hydrogen (secondary N) is 2. The smallest absolute Gasteiger partial charge is 0.301 e. The summed E-state index contributed by atoms with van der Waals surface area (Å²) in [5, 5.41) is 24.7. The summed E-state index contributed by atoms with van der Waals surface area (Å²) in [6, 6.07) is 10.2. The number of phenols is 1. The number of rotatable bonds is 10. The third-order valence-electron chi connectivity index (χ3n) is 5.94. The summed E-state index contributed by atoms with van der Waals surface area (Å²) in [5.74, 6) is 1.61. The number of aryl methyl sites for hydroxylation is 2. The third-order valence-corrected chi connectivity index (χ3v) is 7.38. The van der Waals surface area contributed by atoms with Crippen LogP contribution in [0.4, 0.5) is 5.69 Å². The molecule has 3 aromatic rings. The minimum atomic E-state index is -3.78. The van der Waals surface area contributed by atoms with Crippen molar-refractivity contribution in [3.05, 3.63) is 53.3 Å². The number of furan rings is 1. The first-order chi connectivity index (χ1) is 16.2. The molecule has 184 valence electrons. The number of anilines is 1. The van der Waals surface area contributed by atoms with Crippen molar-refractivity contribution in [2.24, 2.45) is 0 Å². The van der Waals surface area contributed by atoms with Crippen LogP contribution in [-0.4, -0.2) is 56.7 Å². The molecule has 1 aliphatic rings. The van der Waals surface area contributed by atoms with Crippen molar-refractivity contribution >= 4 is 26.9 Å². The number of aliphatic hydroxyl groups excluding tert-OH is 1. The zero-order chi connectivity index (χ0) is 24.3. The van der Waals surface area contributed by atoms with Crippen LogP contribution in [0.1, 0.15) is 35.8 Å². The molecule has 0 bridgehead atoms. The highest BCUT2D eigenvalue weighted by Crippen LogP contribution is 2.33. The van der Waals surface area contributed by atoms with E-state index in [-0.39, 0.29) is 18.0 Å². The average Bonchev–Trinajstić information content (AvgIpc) is 3.17. The van der Waals surface area contributed by atoms with Gasteiger partial charge in [-0.15, -0.1) is 0 Å². The lowest BCUT2D eigenvalue weighted by Gasteiger charge is -2.17. The van der Waals surface area contributed by atoms with Crippen LogP contribution in [0.5, 0.6) is 11.5 Å². The van der Waals surface area contributed by atoms with Crippen LogP contribution in [-0.2, 0) is 23.1 Å². The highest BCUT2D eigenvalue weighted by atomic mass is 32.2. The quantitative estimate of drug-likeness (QED) is 0.255. The maximum Gasteiger partial charge on any atom is 0.301 e. The predicted molar refractivity (Wildman–Crippen MR) is 131 cm³/mol. The number of hydrogen-bond acceptors (Lipinski definition) is 7. The zero-order valence-corrected chi connectivity index (χ0v) is 20.2. The van der Waals surface area contributed by atoms with Crippen LogP contribution in [0, 0.1) is 0 Å². The van der Waals surface area contributed by atoms with E-state index in [9.17, 15) is 18.6 Å². The fourth-order valence-electron chi connectivity index (χ4n) is 4.00. The van der Waals surface area contributed by atoms with E-state index >= 15 is 0 Å². The molecule has 1 heterocycles. The first kappa shape index (κ1) is 24.3. The highest BCUT2D eigenvalue weighted by Gasteiger charge is 2.19. The Morgan fingerprint density at radius 3 is 2.74 bits per heavy atom. The lowest BCUT2D eigenvalue weighted by molar-refractivity contribution is 0.172. The predicted octanol–water partition coefficient (Wildman–Crippen LogP) is 2.94. The van der Waals surface area contributed by atoms with E-state index in [1.807, 2.05) is 12.1 Å². The van der Waals surface area contributed by atoms with E-state index < -0.39 is 16.3 Å². The number of fused-ring (bicyclic) bond motifs is 3.